The summed E-state index contributed by atoms with van der Waals surface area (Å²) in [6, 6.07) is 13.4. The predicted octanol–water partition coefficient (Wildman–Crippen LogP) is 4.51. The van der Waals surface area contributed by atoms with Gasteiger partial charge in [0.2, 0.25) is 5.95 Å². The number of nitrogens with zero attached hydrogens (tertiary/aromatic N) is 3. The standard InChI is InChI=1S/C21H25N5O2/c1-5-14(2)23-21-25-19(18-8-6-7-9-22-18)13-20(26-21)24-15-10-16(27-3)12-17(11-15)28-4/h6-14H,5H2,1-4H3,(H2,23,24,25,26)/t14-/m1/s1. The zero-order valence-electron chi connectivity index (χ0n) is 16.6. The highest BCUT2D eigenvalue weighted by atomic mass is 16.5. The van der Waals surface area contributed by atoms with Gasteiger partial charge in [-0.2, -0.15) is 4.98 Å². The summed E-state index contributed by atoms with van der Waals surface area (Å²) in [5.74, 6) is 2.59. The van der Waals surface area contributed by atoms with Crippen LogP contribution in [0.3, 0.4) is 0 Å². The first-order valence-electron chi connectivity index (χ1n) is 9.18. The van der Waals surface area contributed by atoms with E-state index < -0.39 is 0 Å². The summed E-state index contributed by atoms with van der Waals surface area (Å²) in [5, 5.41) is 6.65. The van der Waals surface area contributed by atoms with Crippen molar-refractivity contribution in [1.82, 2.24) is 15.0 Å². The monoisotopic (exact) mass is 379 g/mol. The first-order chi connectivity index (χ1) is 13.6. The summed E-state index contributed by atoms with van der Waals surface area (Å²) in [6.45, 7) is 4.21. The van der Waals surface area contributed by atoms with Crippen LogP contribution in [0.1, 0.15) is 20.3 Å². The van der Waals surface area contributed by atoms with Crippen LogP contribution in [0.4, 0.5) is 17.5 Å². The average Bonchev–Trinajstić information content (AvgIpc) is 2.73. The molecule has 7 nitrogen and oxygen atoms in total. The molecular weight excluding hydrogens is 354 g/mol. The van der Waals surface area contributed by atoms with Gasteiger partial charge in [0.1, 0.15) is 17.3 Å². The fraction of sp³-hybridized carbons (Fsp3) is 0.286. The lowest BCUT2D eigenvalue weighted by molar-refractivity contribution is 0.395. The summed E-state index contributed by atoms with van der Waals surface area (Å²) in [4.78, 5) is 13.6. The normalized spacial score (nSPS) is 11.6. The van der Waals surface area contributed by atoms with Crippen LogP contribution in [0.25, 0.3) is 11.4 Å². The molecule has 1 aromatic carbocycles. The number of ether oxygens (including phenoxy) is 2. The van der Waals surface area contributed by atoms with E-state index in [1.54, 1.807) is 20.4 Å². The quantitative estimate of drug-likeness (QED) is 0.596. The van der Waals surface area contributed by atoms with Gasteiger partial charge in [0.05, 0.1) is 25.6 Å². The summed E-state index contributed by atoms with van der Waals surface area (Å²) >= 11 is 0. The molecule has 3 rings (SSSR count). The molecule has 0 aliphatic rings. The fourth-order valence-electron chi connectivity index (χ4n) is 2.57. The number of anilines is 3. The second-order valence-corrected chi connectivity index (χ2v) is 6.36. The lowest BCUT2D eigenvalue weighted by atomic mass is 10.2. The maximum atomic E-state index is 5.34. The maximum Gasteiger partial charge on any atom is 0.225 e. The van der Waals surface area contributed by atoms with Crippen molar-refractivity contribution >= 4 is 17.5 Å². The SMILES string of the molecule is CC[C@@H](C)Nc1nc(Nc2cc(OC)cc(OC)c2)cc(-c2ccccn2)n1. The molecule has 0 saturated carbocycles. The number of pyridine rings is 1. The molecule has 2 aromatic heterocycles. The van der Waals surface area contributed by atoms with E-state index in [0.29, 0.717) is 23.3 Å². The molecule has 0 aliphatic carbocycles. The van der Waals surface area contributed by atoms with Gasteiger partial charge in [0.15, 0.2) is 0 Å². The van der Waals surface area contributed by atoms with Crippen molar-refractivity contribution in [2.24, 2.45) is 0 Å². The van der Waals surface area contributed by atoms with Crippen molar-refractivity contribution in [3.63, 3.8) is 0 Å². The third-order valence-electron chi connectivity index (χ3n) is 4.27. The molecule has 1 atom stereocenters. The van der Waals surface area contributed by atoms with Crippen LogP contribution >= 0.6 is 0 Å². The van der Waals surface area contributed by atoms with Crippen LogP contribution in [0.2, 0.25) is 0 Å². The highest BCUT2D eigenvalue weighted by Crippen LogP contribution is 2.29. The molecule has 0 saturated heterocycles. The number of hydrogen-bond donors (Lipinski definition) is 2. The molecule has 0 bridgehead atoms. The van der Waals surface area contributed by atoms with E-state index in [-0.39, 0.29) is 6.04 Å². The van der Waals surface area contributed by atoms with Gasteiger partial charge < -0.3 is 20.1 Å². The lowest BCUT2D eigenvalue weighted by Crippen LogP contribution is -2.16. The van der Waals surface area contributed by atoms with E-state index in [4.69, 9.17) is 9.47 Å². The number of methoxy groups -OCH3 is 2. The van der Waals surface area contributed by atoms with Gasteiger partial charge in [-0.3, -0.25) is 4.98 Å². The second kappa shape index (κ2) is 9.03. The van der Waals surface area contributed by atoms with E-state index >= 15 is 0 Å². The molecule has 0 fully saturated rings. The van der Waals surface area contributed by atoms with Crippen LogP contribution < -0.4 is 20.1 Å². The Balaban J connectivity index is 1.98. The first kappa shape index (κ1) is 19.4. The maximum absolute atomic E-state index is 5.34. The van der Waals surface area contributed by atoms with Crippen molar-refractivity contribution < 1.29 is 9.47 Å². The van der Waals surface area contributed by atoms with Crippen molar-refractivity contribution in [1.29, 1.82) is 0 Å². The Morgan fingerprint density at radius 3 is 2.32 bits per heavy atom. The number of nitrogens with one attached hydrogen (secondary N) is 2. The number of rotatable bonds is 8. The number of hydrogen-bond acceptors (Lipinski definition) is 7. The van der Waals surface area contributed by atoms with Crippen molar-refractivity contribution in [3.8, 4) is 22.9 Å². The third kappa shape index (κ3) is 4.88. The lowest BCUT2D eigenvalue weighted by Gasteiger charge is -2.15. The Morgan fingerprint density at radius 2 is 1.71 bits per heavy atom. The molecule has 0 spiro atoms. The molecule has 3 aromatic rings. The Hall–Kier alpha value is -3.35. The van der Waals surface area contributed by atoms with Crippen LogP contribution in [0.15, 0.2) is 48.7 Å². The molecule has 2 N–H and O–H groups in total. The molecule has 0 amide bonds. The van der Waals surface area contributed by atoms with E-state index in [2.05, 4.69) is 39.4 Å². The van der Waals surface area contributed by atoms with Crippen molar-refractivity contribution in [2.45, 2.75) is 26.3 Å². The van der Waals surface area contributed by atoms with Gasteiger partial charge in [-0.1, -0.05) is 13.0 Å². The first-order valence-corrected chi connectivity index (χ1v) is 9.18. The highest BCUT2D eigenvalue weighted by Gasteiger charge is 2.11. The Labute approximate surface area is 165 Å². The van der Waals surface area contributed by atoms with E-state index in [0.717, 1.165) is 23.5 Å². The largest absolute Gasteiger partial charge is 0.497 e. The van der Waals surface area contributed by atoms with Crippen LogP contribution in [0.5, 0.6) is 11.5 Å². The molecule has 146 valence electrons. The highest BCUT2D eigenvalue weighted by molar-refractivity contribution is 5.67. The van der Waals surface area contributed by atoms with Crippen molar-refractivity contribution in [3.05, 3.63) is 48.7 Å². The zero-order chi connectivity index (χ0) is 19.9. The zero-order valence-corrected chi connectivity index (χ0v) is 16.6. The summed E-state index contributed by atoms with van der Waals surface area (Å²) in [6.07, 6.45) is 2.71. The summed E-state index contributed by atoms with van der Waals surface area (Å²) in [7, 11) is 3.24. The number of benzene rings is 1. The predicted molar refractivity (Wildman–Crippen MR) is 111 cm³/mol. The van der Waals surface area contributed by atoms with E-state index in [9.17, 15) is 0 Å². The molecule has 0 radical (unpaired) electrons. The van der Waals surface area contributed by atoms with E-state index in [1.807, 2.05) is 42.5 Å². The van der Waals surface area contributed by atoms with Gasteiger partial charge in [-0.25, -0.2) is 4.98 Å². The Bertz CT molecular complexity index is 896. The smallest absolute Gasteiger partial charge is 0.225 e. The molecular formula is C21H25N5O2. The minimum atomic E-state index is 0.253. The molecule has 28 heavy (non-hydrogen) atoms. The van der Waals surface area contributed by atoms with Crippen molar-refractivity contribution in [2.75, 3.05) is 24.9 Å². The minimum absolute atomic E-state index is 0.253. The van der Waals surface area contributed by atoms with Gasteiger partial charge >= 0.3 is 0 Å². The van der Waals surface area contributed by atoms with Gasteiger partial charge in [0, 0.05) is 42.2 Å². The van der Waals surface area contributed by atoms with Gasteiger partial charge in [-0.15, -0.1) is 0 Å². The summed E-state index contributed by atoms with van der Waals surface area (Å²) in [5.41, 5.74) is 2.32. The van der Waals surface area contributed by atoms with E-state index in [1.165, 1.54) is 0 Å². The average molecular weight is 379 g/mol. The molecule has 0 unspecified atom stereocenters. The Morgan fingerprint density at radius 1 is 0.964 bits per heavy atom. The van der Waals surface area contributed by atoms with Crippen LogP contribution in [0, 0.1) is 0 Å². The third-order valence-corrected chi connectivity index (χ3v) is 4.27. The molecule has 7 heteroatoms. The van der Waals surface area contributed by atoms with Crippen LogP contribution in [-0.4, -0.2) is 35.2 Å². The molecule has 0 aliphatic heterocycles. The van der Waals surface area contributed by atoms with Gasteiger partial charge in [0.25, 0.3) is 0 Å². The second-order valence-electron chi connectivity index (χ2n) is 6.36. The fourth-order valence-corrected chi connectivity index (χ4v) is 2.57. The van der Waals surface area contributed by atoms with Crippen LogP contribution in [-0.2, 0) is 0 Å². The van der Waals surface area contributed by atoms with Gasteiger partial charge in [-0.05, 0) is 25.5 Å². The molecule has 2 heterocycles. The minimum Gasteiger partial charge on any atom is -0.497 e. The Kier molecular flexibility index (Phi) is 6.26. The number of aromatic nitrogens is 3. The summed E-state index contributed by atoms with van der Waals surface area (Å²) < 4.78 is 10.7. The topological polar surface area (TPSA) is 81.2 Å².